The van der Waals surface area contributed by atoms with Crippen LogP contribution in [0.25, 0.3) is 0 Å². The summed E-state index contributed by atoms with van der Waals surface area (Å²) in [5.74, 6) is 5.47. The fourth-order valence-corrected chi connectivity index (χ4v) is 5.84. The standard InChI is InChI=1S/C34H64O5Si2/c1-10-11-17-22-30(35)23-18-16-19-24-31(36)29-33(37)39-32(26-28-40(5,6)7)25-20-14-12-13-15-21-27-38-41(8,9)34(2,3)4/h1,30-32,35-36H,11-25,27,29H2,2-9H3. The van der Waals surface area contributed by atoms with Crippen molar-refractivity contribution < 1.29 is 24.2 Å². The lowest BCUT2D eigenvalue weighted by Crippen LogP contribution is -2.40. The zero-order chi connectivity index (χ0) is 31.4. The molecule has 0 aliphatic rings. The number of carbonyl (C=O) groups excluding carboxylic acids is 1. The first kappa shape index (κ1) is 39.9. The van der Waals surface area contributed by atoms with Crippen LogP contribution in [0.5, 0.6) is 0 Å². The van der Waals surface area contributed by atoms with Crippen molar-refractivity contribution in [2.24, 2.45) is 0 Å². The average molecular weight is 609 g/mol. The van der Waals surface area contributed by atoms with Gasteiger partial charge in [-0.2, -0.15) is 0 Å². The van der Waals surface area contributed by atoms with Crippen LogP contribution >= 0.6 is 0 Å². The van der Waals surface area contributed by atoms with Crippen LogP contribution in [0.2, 0.25) is 37.8 Å². The van der Waals surface area contributed by atoms with Crippen LogP contribution in [0, 0.1) is 23.8 Å². The summed E-state index contributed by atoms with van der Waals surface area (Å²) in [6.07, 6.45) is 17.7. The minimum atomic E-state index is -1.64. The third-order valence-corrected chi connectivity index (χ3v) is 13.3. The zero-order valence-electron chi connectivity index (χ0n) is 27.9. The van der Waals surface area contributed by atoms with Crippen molar-refractivity contribution in [3.05, 3.63) is 0 Å². The fraction of sp³-hybridized carbons (Fsp3) is 0.853. The summed E-state index contributed by atoms with van der Waals surface area (Å²) in [4.78, 5) is 12.6. The molecule has 0 radical (unpaired) electrons. The molecule has 0 aliphatic carbocycles. The minimum absolute atomic E-state index is 0.0107. The first-order valence-electron chi connectivity index (χ1n) is 16.2. The topological polar surface area (TPSA) is 76.0 Å². The van der Waals surface area contributed by atoms with Crippen LogP contribution < -0.4 is 0 Å². The Morgan fingerprint density at radius 1 is 0.780 bits per heavy atom. The van der Waals surface area contributed by atoms with Crippen molar-refractivity contribution in [3.63, 3.8) is 0 Å². The van der Waals surface area contributed by atoms with Gasteiger partial charge < -0.3 is 19.4 Å². The molecule has 3 unspecified atom stereocenters. The molecule has 0 saturated heterocycles. The number of carbonyl (C=O) groups is 1. The maximum Gasteiger partial charge on any atom is 0.309 e. The molecule has 0 fully saturated rings. The van der Waals surface area contributed by atoms with E-state index in [2.05, 4.69) is 70.9 Å². The Bertz CT molecular complexity index is 795. The summed E-state index contributed by atoms with van der Waals surface area (Å²) < 4.78 is 12.0. The third-order valence-electron chi connectivity index (χ3n) is 7.85. The van der Waals surface area contributed by atoms with E-state index in [1.807, 2.05) is 0 Å². The van der Waals surface area contributed by atoms with Gasteiger partial charge in [0.05, 0.1) is 18.6 Å². The van der Waals surface area contributed by atoms with Crippen LogP contribution in [-0.2, 0) is 14.0 Å². The van der Waals surface area contributed by atoms with Crippen molar-refractivity contribution in [2.45, 2.75) is 180 Å². The van der Waals surface area contributed by atoms with E-state index in [1.165, 1.54) is 19.3 Å². The number of hydrogen-bond acceptors (Lipinski definition) is 5. The maximum absolute atomic E-state index is 12.6. The van der Waals surface area contributed by atoms with Gasteiger partial charge in [-0.15, -0.1) is 17.9 Å². The Kier molecular flexibility index (Phi) is 21.0. The molecular weight excluding hydrogens is 545 g/mol. The van der Waals surface area contributed by atoms with Crippen molar-refractivity contribution in [1.29, 1.82) is 0 Å². The lowest BCUT2D eigenvalue weighted by Gasteiger charge is -2.36. The second kappa shape index (κ2) is 21.6. The summed E-state index contributed by atoms with van der Waals surface area (Å²) in [6, 6.07) is 0. The van der Waals surface area contributed by atoms with Gasteiger partial charge in [0, 0.05) is 13.0 Å². The number of terminal acetylenes is 1. The van der Waals surface area contributed by atoms with Crippen molar-refractivity contribution in [3.8, 4) is 23.8 Å². The van der Waals surface area contributed by atoms with Gasteiger partial charge in [0.1, 0.15) is 8.07 Å². The molecule has 0 spiro atoms. The van der Waals surface area contributed by atoms with Gasteiger partial charge in [0.15, 0.2) is 14.4 Å². The molecule has 0 aromatic rings. The van der Waals surface area contributed by atoms with E-state index in [-0.39, 0.29) is 23.5 Å². The Morgan fingerprint density at radius 3 is 1.88 bits per heavy atom. The Hall–Kier alpha value is -1.10. The first-order chi connectivity index (χ1) is 19.1. The highest BCUT2D eigenvalue weighted by Gasteiger charge is 2.36. The molecule has 2 N–H and O–H groups in total. The molecule has 0 aromatic heterocycles. The van der Waals surface area contributed by atoms with E-state index in [0.717, 1.165) is 70.8 Å². The summed E-state index contributed by atoms with van der Waals surface area (Å²) >= 11 is 0. The Labute approximate surface area is 256 Å². The van der Waals surface area contributed by atoms with Crippen LogP contribution in [0.15, 0.2) is 0 Å². The molecule has 0 aromatic carbocycles. The Morgan fingerprint density at radius 2 is 1.29 bits per heavy atom. The smallest absolute Gasteiger partial charge is 0.309 e. The summed E-state index contributed by atoms with van der Waals surface area (Å²) in [7, 11) is -3.23. The monoisotopic (exact) mass is 608 g/mol. The molecular formula is C34H64O5Si2. The van der Waals surface area contributed by atoms with Gasteiger partial charge in [0.25, 0.3) is 0 Å². The van der Waals surface area contributed by atoms with Gasteiger partial charge in [-0.25, -0.2) is 0 Å². The predicted octanol–water partition coefficient (Wildman–Crippen LogP) is 8.40. The molecule has 41 heavy (non-hydrogen) atoms. The van der Waals surface area contributed by atoms with E-state index in [4.69, 9.17) is 15.6 Å². The highest BCUT2D eigenvalue weighted by Crippen LogP contribution is 2.36. The quantitative estimate of drug-likeness (QED) is 0.0559. The second-order valence-corrected chi connectivity index (χ2v) is 23.8. The highest BCUT2D eigenvalue weighted by atomic mass is 28.4. The summed E-state index contributed by atoms with van der Waals surface area (Å²) in [5, 5.41) is 20.6. The third kappa shape index (κ3) is 23.1. The predicted molar refractivity (Wildman–Crippen MR) is 179 cm³/mol. The molecule has 3 atom stereocenters. The molecule has 0 rings (SSSR count). The van der Waals surface area contributed by atoms with Gasteiger partial charge in [-0.05, 0) is 63.1 Å². The van der Waals surface area contributed by atoms with E-state index in [0.29, 0.717) is 12.8 Å². The number of aliphatic hydroxyl groups is 2. The number of rotatable bonds is 22. The largest absolute Gasteiger partial charge is 0.449 e. The maximum atomic E-state index is 12.6. The van der Waals surface area contributed by atoms with Gasteiger partial charge in [0.2, 0.25) is 0 Å². The lowest BCUT2D eigenvalue weighted by molar-refractivity contribution is -0.149. The van der Waals surface area contributed by atoms with Crippen LogP contribution in [-0.4, -0.2) is 57.5 Å². The van der Waals surface area contributed by atoms with E-state index < -0.39 is 28.6 Å². The molecule has 0 heterocycles. The molecule has 7 heteroatoms. The van der Waals surface area contributed by atoms with Gasteiger partial charge in [-0.3, -0.25) is 4.79 Å². The zero-order valence-corrected chi connectivity index (χ0v) is 29.9. The van der Waals surface area contributed by atoms with Crippen molar-refractivity contribution >= 4 is 22.4 Å². The van der Waals surface area contributed by atoms with E-state index >= 15 is 0 Å². The van der Waals surface area contributed by atoms with Crippen molar-refractivity contribution in [2.75, 3.05) is 6.61 Å². The Balaban J connectivity index is 4.30. The SMILES string of the molecule is C#CCCCC(O)CCCCCC(O)CC(=O)OC(C#C[Si](C)(C)C)CCCCCCCCO[Si](C)(C)C(C)(C)C. The summed E-state index contributed by atoms with van der Waals surface area (Å²) in [6.45, 7) is 18.9. The number of hydrogen-bond donors (Lipinski definition) is 2. The van der Waals surface area contributed by atoms with E-state index in [1.54, 1.807) is 0 Å². The minimum Gasteiger partial charge on any atom is -0.449 e. The fourth-order valence-electron chi connectivity index (χ4n) is 4.16. The second-order valence-electron chi connectivity index (χ2n) is 14.3. The van der Waals surface area contributed by atoms with Gasteiger partial charge in [-0.1, -0.05) is 91.3 Å². The molecule has 0 amide bonds. The molecule has 238 valence electrons. The number of unbranched alkanes of at least 4 members (excludes halogenated alkanes) is 8. The molecule has 0 saturated carbocycles. The van der Waals surface area contributed by atoms with Crippen LogP contribution in [0.4, 0.5) is 0 Å². The highest BCUT2D eigenvalue weighted by molar-refractivity contribution is 6.83. The number of ether oxygens (including phenoxy) is 1. The van der Waals surface area contributed by atoms with E-state index in [9.17, 15) is 15.0 Å². The number of esters is 1. The number of aliphatic hydroxyl groups excluding tert-OH is 2. The normalized spacial score (nSPS) is 14.5. The summed E-state index contributed by atoms with van der Waals surface area (Å²) in [5.41, 5.74) is 3.36. The first-order valence-corrected chi connectivity index (χ1v) is 22.6. The molecule has 0 bridgehead atoms. The van der Waals surface area contributed by atoms with Crippen molar-refractivity contribution in [1.82, 2.24) is 0 Å². The molecule has 5 nitrogen and oxygen atoms in total. The van der Waals surface area contributed by atoms with Crippen LogP contribution in [0.1, 0.15) is 124 Å². The van der Waals surface area contributed by atoms with Gasteiger partial charge >= 0.3 is 5.97 Å². The average Bonchev–Trinajstić information content (AvgIpc) is 2.84. The lowest BCUT2D eigenvalue weighted by atomic mass is 10.0. The molecule has 0 aliphatic heterocycles. The van der Waals surface area contributed by atoms with Crippen LogP contribution in [0.3, 0.4) is 0 Å².